The molecule has 0 saturated carbocycles. The van der Waals surface area contributed by atoms with Gasteiger partial charge in [-0.2, -0.15) is 0 Å². The third kappa shape index (κ3) is 3.41. The Morgan fingerprint density at radius 3 is 2.62 bits per heavy atom. The maximum atomic E-state index is 12.8. The molecular weight excluding hydrogens is 392 g/mol. The number of anilines is 2. The number of nitrogens with zero attached hydrogens (tertiary/aromatic N) is 2. The number of alkyl halides is 1. The van der Waals surface area contributed by atoms with E-state index in [2.05, 4.69) is 4.90 Å². The largest absolute Gasteiger partial charge is 0.497 e. The fourth-order valence-electron chi connectivity index (χ4n) is 2.84. The van der Waals surface area contributed by atoms with E-state index < -0.39 is 10.0 Å². The number of hydrogen-bond acceptors (Lipinski definition) is 5. The van der Waals surface area contributed by atoms with Gasteiger partial charge in [-0.3, -0.25) is 0 Å². The van der Waals surface area contributed by atoms with Crippen LogP contribution in [0.2, 0.25) is 0 Å². The zero-order valence-corrected chi connectivity index (χ0v) is 17.3. The van der Waals surface area contributed by atoms with Crippen LogP contribution in [0.1, 0.15) is 6.42 Å². The van der Waals surface area contributed by atoms with Gasteiger partial charge in [0.25, 0.3) is 0 Å². The van der Waals surface area contributed by atoms with E-state index in [1.807, 2.05) is 24.3 Å². The molecule has 26 heavy (non-hydrogen) atoms. The first-order valence-electron chi connectivity index (χ1n) is 8.15. The molecule has 0 spiro atoms. The second kappa shape index (κ2) is 7.68. The molecule has 1 aliphatic heterocycles. The Morgan fingerprint density at radius 1 is 1.19 bits per heavy atom. The molecule has 0 amide bonds. The summed E-state index contributed by atoms with van der Waals surface area (Å²) in [6.07, 6.45) is 0.785. The van der Waals surface area contributed by atoms with Crippen molar-refractivity contribution in [3.63, 3.8) is 0 Å². The molecule has 8 heteroatoms. The molecule has 1 aliphatic rings. The summed E-state index contributed by atoms with van der Waals surface area (Å²) < 4.78 is 32.2. The standard InChI is InChI=1S/C18H21ClN2O3S2/c1-20(2)26(22,23)17-7-4-6-14-18(17)25-16-9-8-13(24-3)12-15(16)21(14)11-5-10-19/h4,6-9,12H,5,10-11H2,1-3H3. The Balaban J connectivity index is 2.19. The number of benzene rings is 2. The first-order chi connectivity index (χ1) is 12.4. The second-order valence-corrected chi connectivity index (χ2v) is 9.57. The van der Waals surface area contributed by atoms with Crippen LogP contribution in [0, 0.1) is 0 Å². The van der Waals surface area contributed by atoms with Crippen LogP contribution in [0.15, 0.2) is 51.1 Å². The molecule has 0 fully saturated rings. The van der Waals surface area contributed by atoms with Crippen LogP contribution in [0.4, 0.5) is 11.4 Å². The summed E-state index contributed by atoms with van der Waals surface area (Å²) in [7, 11) is 1.19. The highest BCUT2D eigenvalue weighted by Gasteiger charge is 2.30. The lowest BCUT2D eigenvalue weighted by molar-refractivity contribution is 0.414. The summed E-state index contributed by atoms with van der Waals surface area (Å²) >= 11 is 7.39. The SMILES string of the molecule is COc1ccc2c(c1)N(CCCCl)c1cccc(S(=O)(=O)N(C)C)c1S2. The van der Waals surface area contributed by atoms with Crippen molar-refractivity contribution >= 4 is 44.8 Å². The lowest BCUT2D eigenvalue weighted by Crippen LogP contribution is -2.26. The Bertz CT molecular complexity index is 917. The van der Waals surface area contributed by atoms with Gasteiger partial charge in [0.15, 0.2) is 0 Å². The van der Waals surface area contributed by atoms with Gasteiger partial charge < -0.3 is 9.64 Å². The summed E-state index contributed by atoms with van der Waals surface area (Å²) in [6.45, 7) is 0.697. The van der Waals surface area contributed by atoms with E-state index in [4.69, 9.17) is 16.3 Å². The van der Waals surface area contributed by atoms with Crippen LogP contribution < -0.4 is 9.64 Å². The first kappa shape index (κ1) is 19.4. The molecule has 0 radical (unpaired) electrons. The van der Waals surface area contributed by atoms with Crippen LogP contribution >= 0.6 is 23.4 Å². The molecule has 0 atom stereocenters. The molecule has 5 nitrogen and oxygen atoms in total. The van der Waals surface area contributed by atoms with Gasteiger partial charge in [-0.1, -0.05) is 17.8 Å². The Hall–Kier alpha value is -1.41. The van der Waals surface area contributed by atoms with E-state index in [0.29, 0.717) is 17.3 Å². The van der Waals surface area contributed by atoms with Gasteiger partial charge >= 0.3 is 0 Å². The molecule has 0 aromatic heterocycles. The predicted molar refractivity (Wildman–Crippen MR) is 107 cm³/mol. The zero-order valence-electron chi connectivity index (χ0n) is 14.9. The Morgan fingerprint density at radius 2 is 1.96 bits per heavy atom. The molecule has 0 N–H and O–H groups in total. The quantitative estimate of drug-likeness (QED) is 0.666. The van der Waals surface area contributed by atoms with E-state index in [1.54, 1.807) is 33.3 Å². The van der Waals surface area contributed by atoms with Crippen molar-refractivity contribution < 1.29 is 13.2 Å². The molecular formula is C18H21ClN2O3S2. The number of rotatable bonds is 6. The van der Waals surface area contributed by atoms with Crippen molar-refractivity contribution in [3.05, 3.63) is 36.4 Å². The van der Waals surface area contributed by atoms with Gasteiger partial charge in [0.2, 0.25) is 10.0 Å². The Labute approximate surface area is 163 Å². The maximum Gasteiger partial charge on any atom is 0.243 e. The number of methoxy groups -OCH3 is 1. The van der Waals surface area contributed by atoms with Gasteiger partial charge in [-0.05, 0) is 30.7 Å². The highest BCUT2D eigenvalue weighted by atomic mass is 35.5. The number of ether oxygens (including phenoxy) is 1. The highest BCUT2D eigenvalue weighted by Crippen LogP contribution is 2.51. The van der Waals surface area contributed by atoms with Gasteiger partial charge in [-0.15, -0.1) is 11.6 Å². The lowest BCUT2D eigenvalue weighted by atomic mass is 10.2. The monoisotopic (exact) mass is 412 g/mol. The van der Waals surface area contributed by atoms with Crippen LogP contribution in [-0.2, 0) is 10.0 Å². The average Bonchev–Trinajstić information content (AvgIpc) is 2.64. The van der Waals surface area contributed by atoms with Crippen molar-refractivity contribution in [2.24, 2.45) is 0 Å². The second-order valence-electron chi connectivity index (χ2n) is 6.02. The van der Waals surface area contributed by atoms with Gasteiger partial charge in [-0.25, -0.2) is 12.7 Å². The molecule has 3 rings (SSSR count). The van der Waals surface area contributed by atoms with E-state index in [-0.39, 0.29) is 0 Å². The minimum atomic E-state index is -3.54. The summed E-state index contributed by atoms with van der Waals surface area (Å²) in [5.74, 6) is 1.30. The first-order valence-corrected chi connectivity index (χ1v) is 10.9. The number of halogens is 1. The Kier molecular flexibility index (Phi) is 5.72. The summed E-state index contributed by atoms with van der Waals surface area (Å²) in [5.41, 5.74) is 1.88. The highest BCUT2D eigenvalue weighted by molar-refractivity contribution is 8.00. The molecule has 0 aliphatic carbocycles. The topological polar surface area (TPSA) is 49.9 Å². The van der Waals surface area contributed by atoms with E-state index in [9.17, 15) is 8.42 Å². The zero-order chi connectivity index (χ0) is 18.9. The van der Waals surface area contributed by atoms with Crippen LogP contribution in [0.25, 0.3) is 0 Å². The fraction of sp³-hybridized carbons (Fsp3) is 0.333. The van der Waals surface area contributed by atoms with Crippen molar-refractivity contribution in [1.82, 2.24) is 4.31 Å². The van der Waals surface area contributed by atoms with Crippen LogP contribution in [0.3, 0.4) is 0 Å². The van der Waals surface area contributed by atoms with Gasteiger partial charge in [0.05, 0.1) is 28.3 Å². The summed E-state index contributed by atoms with van der Waals surface area (Å²) in [4.78, 5) is 4.19. The molecule has 0 saturated heterocycles. The molecule has 0 unspecified atom stereocenters. The van der Waals surface area contributed by atoms with E-state index in [0.717, 1.165) is 33.3 Å². The minimum absolute atomic E-state index is 0.322. The van der Waals surface area contributed by atoms with Crippen molar-refractivity contribution in [2.45, 2.75) is 21.1 Å². The van der Waals surface area contributed by atoms with Gasteiger partial charge in [0, 0.05) is 37.5 Å². The maximum absolute atomic E-state index is 12.8. The normalized spacial score (nSPS) is 13.5. The molecule has 2 aromatic rings. The molecule has 0 bridgehead atoms. The number of fused-ring (bicyclic) bond motifs is 2. The summed E-state index contributed by atoms with van der Waals surface area (Å²) in [5, 5.41) is 0. The third-order valence-electron chi connectivity index (χ3n) is 4.19. The number of hydrogen-bond donors (Lipinski definition) is 0. The van der Waals surface area contributed by atoms with Crippen LogP contribution in [-0.4, -0.2) is 46.4 Å². The fourth-order valence-corrected chi connectivity index (χ4v) is 5.46. The van der Waals surface area contributed by atoms with E-state index in [1.165, 1.54) is 16.1 Å². The van der Waals surface area contributed by atoms with Crippen LogP contribution in [0.5, 0.6) is 5.75 Å². The molecule has 2 aromatic carbocycles. The minimum Gasteiger partial charge on any atom is -0.497 e. The van der Waals surface area contributed by atoms with Crippen molar-refractivity contribution in [2.75, 3.05) is 38.5 Å². The number of sulfonamides is 1. The lowest BCUT2D eigenvalue weighted by Gasteiger charge is -2.34. The van der Waals surface area contributed by atoms with Crippen molar-refractivity contribution in [3.8, 4) is 5.75 Å². The average molecular weight is 413 g/mol. The summed E-state index contributed by atoms with van der Waals surface area (Å²) in [6, 6.07) is 11.2. The van der Waals surface area contributed by atoms with Gasteiger partial charge in [0.1, 0.15) is 5.75 Å². The molecule has 140 valence electrons. The molecule has 1 heterocycles. The van der Waals surface area contributed by atoms with Crippen molar-refractivity contribution in [1.29, 1.82) is 0 Å². The smallest absolute Gasteiger partial charge is 0.243 e. The predicted octanol–water partition coefficient (Wildman–Crippen LogP) is 4.18. The third-order valence-corrected chi connectivity index (χ3v) is 7.64. The van der Waals surface area contributed by atoms with E-state index >= 15 is 0 Å².